The molecular weight excluding hydrogens is 555 g/mol. The van der Waals surface area contributed by atoms with Crippen LogP contribution in [0.4, 0.5) is 4.39 Å². The van der Waals surface area contributed by atoms with E-state index in [1.165, 1.54) is 17.7 Å². The van der Waals surface area contributed by atoms with Gasteiger partial charge in [-0.15, -0.1) is 0 Å². The van der Waals surface area contributed by atoms with Crippen LogP contribution in [-0.2, 0) is 13.2 Å². The van der Waals surface area contributed by atoms with Crippen LogP contribution in [0.2, 0.25) is 0 Å². The third-order valence-electron chi connectivity index (χ3n) is 5.43. The molecule has 4 rings (SSSR count). The zero-order valence-corrected chi connectivity index (χ0v) is 21.4. The molecule has 0 N–H and O–H groups in total. The molecule has 0 aliphatic carbocycles. The average molecular weight is 578 g/mol. The van der Waals surface area contributed by atoms with Crippen LogP contribution < -0.4 is 4.74 Å². The molecule has 3 aromatic rings. The van der Waals surface area contributed by atoms with Gasteiger partial charge in [-0.05, 0) is 67.3 Å². The lowest BCUT2D eigenvalue weighted by molar-refractivity contribution is 0.177. The highest BCUT2D eigenvalue weighted by atomic mass is 79.9. The fourth-order valence-electron chi connectivity index (χ4n) is 3.74. The molecule has 7 heteroatoms. The number of hydrogen-bond donors (Lipinski definition) is 0. The number of nitrogens with zero attached hydrogens (tertiary/aromatic N) is 2. The van der Waals surface area contributed by atoms with Crippen molar-refractivity contribution in [3.63, 3.8) is 0 Å². The highest BCUT2D eigenvalue weighted by Gasteiger charge is 2.21. The number of halogens is 3. The maximum atomic E-state index is 13.4. The monoisotopic (exact) mass is 576 g/mol. The van der Waals surface area contributed by atoms with Crippen molar-refractivity contribution < 1.29 is 9.13 Å². The van der Waals surface area contributed by atoms with Crippen LogP contribution >= 0.6 is 44.1 Å². The van der Waals surface area contributed by atoms with Gasteiger partial charge in [-0.1, -0.05) is 54.7 Å². The third kappa shape index (κ3) is 5.95. The first-order chi connectivity index (χ1) is 15.5. The summed E-state index contributed by atoms with van der Waals surface area (Å²) in [5, 5.41) is 0. The zero-order chi connectivity index (χ0) is 22.5. The van der Waals surface area contributed by atoms with Gasteiger partial charge in [0.2, 0.25) is 0 Å². The predicted octanol–water partition coefficient (Wildman–Crippen LogP) is 6.42. The Balaban J connectivity index is 1.37. The first-order valence-electron chi connectivity index (χ1n) is 10.4. The van der Waals surface area contributed by atoms with E-state index < -0.39 is 0 Å². The van der Waals surface area contributed by atoms with Gasteiger partial charge in [0.15, 0.2) is 0 Å². The van der Waals surface area contributed by atoms with Crippen molar-refractivity contribution in [1.82, 2.24) is 9.80 Å². The maximum Gasteiger partial charge on any atom is 0.148 e. The number of piperazine rings is 1. The largest absolute Gasteiger partial charge is 0.487 e. The van der Waals surface area contributed by atoms with E-state index in [1.54, 1.807) is 6.07 Å². The molecule has 166 valence electrons. The summed E-state index contributed by atoms with van der Waals surface area (Å²) in [5.41, 5.74) is 3.08. The molecule has 0 unspecified atom stereocenters. The summed E-state index contributed by atoms with van der Waals surface area (Å²) in [5.74, 6) is 0.405. The Bertz CT molecular complexity index is 1070. The molecule has 1 aliphatic rings. The van der Waals surface area contributed by atoms with Gasteiger partial charge in [0.05, 0.1) is 8.95 Å². The molecule has 0 spiro atoms. The normalized spacial score (nSPS) is 14.4. The van der Waals surface area contributed by atoms with E-state index >= 15 is 0 Å². The molecule has 32 heavy (non-hydrogen) atoms. The minimum Gasteiger partial charge on any atom is -0.487 e. The lowest BCUT2D eigenvalue weighted by atomic mass is 10.1. The van der Waals surface area contributed by atoms with Crippen LogP contribution in [0.3, 0.4) is 0 Å². The van der Waals surface area contributed by atoms with Crippen molar-refractivity contribution >= 4 is 49.1 Å². The Labute approximate surface area is 210 Å². The van der Waals surface area contributed by atoms with Crippen molar-refractivity contribution in [1.29, 1.82) is 0 Å². The molecule has 0 aromatic heterocycles. The number of thiocarbonyl (C=S) groups is 1. The minimum atomic E-state index is -0.270. The first kappa shape index (κ1) is 23.4. The van der Waals surface area contributed by atoms with Gasteiger partial charge in [-0.25, -0.2) is 4.39 Å². The number of rotatable bonds is 6. The molecular formula is C25H23Br2FN2OS. The highest BCUT2D eigenvalue weighted by molar-refractivity contribution is 9.11. The second kappa shape index (κ2) is 10.9. The zero-order valence-electron chi connectivity index (χ0n) is 17.4. The molecule has 3 aromatic carbocycles. The Morgan fingerprint density at radius 1 is 0.875 bits per heavy atom. The minimum absolute atomic E-state index is 0.270. The second-order valence-corrected chi connectivity index (χ2v) is 9.84. The molecule has 0 saturated carbocycles. The maximum absolute atomic E-state index is 13.4. The third-order valence-corrected chi connectivity index (χ3v) is 7.10. The van der Waals surface area contributed by atoms with Crippen LogP contribution in [0.1, 0.15) is 16.7 Å². The van der Waals surface area contributed by atoms with Crippen molar-refractivity contribution in [3.8, 4) is 5.75 Å². The second-order valence-electron chi connectivity index (χ2n) is 7.74. The van der Waals surface area contributed by atoms with E-state index in [0.717, 1.165) is 57.8 Å². The molecule has 0 amide bonds. The summed E-state index contributed by atoms with van der Waals surface area (Å²) in [6.45, 7) is 5.01. The molecule has 1 saturated heterocycles. The number of hydrogen-bond acceptors (Lipinski definition) is 3. The van der Waals surface area contributed by atoms with E-state index in [4.69, 9.17) is 17.0 Å². The van der Waals surface area contributed by atoms with Crippen molar-refractivity contribution in [2.24, 2.45) is 0 Å². The summed E-state index contributed by atoms with van der Waals surface area (Å²) in [6.07, 6.45) is 0. The number of ether oxygens (including phenoxy) is 1. The van der Waals surface area contributed by atoms with E-state index in [1.807, 2.05) is 24.3 Å². The van der Waals surface area contributed by atoms with Crippen molar-refractivity contribution in [3.05, 3.63) is 98.2 Å². The van der Waals surface area contributed by atoms with Gasteiger partial charge in [-0.3, -0.25) is 4.90 Å². The Morgan fingerprint density at radius 2 is 1.53 bits per heavy atom. The SMILES string of the molecule is Fc1cccc(COc2c(Br)cc(C(=S)N3CCN(Cc4ccccc4)CC3)cc2Br)c1. The van der Waals surface area contributed by atoms with Gasteiger partial charge >= 0.3 is 0 Å². The van der Waals surface area contributed by atoms with E-state index in [2.05, 4.69) is 65.9 Å². The van der Waals surface area contributed by atoms with Crippen LogP contribution in [0.5, 0.6) is 5.75 Å². The van der Waals surface area contributed by atoms with Gasteiger partial charge < -0.3 is 9.64 Å². The lowest BCUT2D eigenvalue weighted by Crippen LogP contribution is -2.48. The predicted molar refractivity (Wildman–Crippen MR) is 138 cm³/mol. The first-order valence-corrected chi connectivity index (χ1v) is 12.4. The average Bonchev–Trinajstić information content (AvgIpc) is 2.79. The fourth-order valence-corrected chi connectivity index (χ4v) is 5.45. The van der Waals surface area contributed by atoms with Crippen molar-refractivity contribution in [2.75, 3.05) is 26.2 Å². The van der Waals surface area contributed by atoms with Gasteiger partial charge in [0, 0.05) is 38.3 Å². The topological polar surface area (TPSA) is 15.7 Å². The smallest absolute Gasteiger partial charge is 0.148 e. The fraction of sp³-hybridized carbons (Fsp3) is 0.240. The molecule has 1 heterocycles. The van der Waals surface area contributed by atoms with Crippen molar-refractivity contribution in [2.45, 2.75) is 13.2 Å². The molecule has 3 nitrogen and oxygen atoms in total. The molecule has 1 aliphatic heterocycles. The summed E-state index contributed by atoms with van der Waals surface area (Å²) in [4.78, 5) is 5.56. The van der Waals surface area contributed by atoms with Gasteiger partial charge in [-0.2, -0.15) is 0 Å². The molecule has 0 atom stereocenters. The summed E-state index contributed by atoms with van der Waals surface area (Å²) in [6, 6.07) is 21.0. The lowest BCUT2D eigenvalue weighted by Gasteiger charge is -2.36. The van der Waals surface area contributed by atoms with Crippen LogP contribution in [0.15, 0.2) is 75.7 Å². The van der Waals surface area contributed by atoms with E-state index in [9.17, 15) is 4.39 Å². The Morgan fingerprint density at radius 3 is 2.19 bits per heavy atom. The summed E-state index contributed by atoms with van der Waals surface area (Å²) in [7, 11) is 0. The molecule has 0 radical (unpaired) electrons. The highest BCUT2D eigenvalue weighted by Crippen LogP contribution is 2.36. The standard InChI is InChI=1S/C25H23Br2FN2OS/c26-22-14-20(15-23(27)24(22)31-17-19-7-4-8-21(28)13-19)25(32)30-11-9-29(10-12-30)16-18-5-2-1-3-6-18/h1-8,13-15H,9-12,16-17H2. The van der Waals surface area contributed by atoms with Crippen LogP contribution in [0.25, 0.3) is 0 Å². The van der Waals surface area contributed by atoms with Crippen LogP contribution in [-0.4, -0.2) is 41.0 Å². The van der Waals surface area contributed by atoms with Gasteiger partial charge in [0.25, 0.3) is 0 Å². The van der Waals surface area contributed by atoms with E-state index in [0.29, 0.717) is 5.75 Å². The Hall–Kier alpha value is -1.80. The molecule has 1 fully saturated rings. The van der Waals surface area contributed by atoms with Crippen LogP contribution in [0, 0.1) is 5.82 Å². The summed E-state index contributed by atoms with van der Waals surface area (Å²) < 4.78 is 21.0. The Kier molecular flexibility index (Phi) is 7.94. The van der Waals surface area contributed by atoms with Gasteiger partial charge in [0.1, 0.15) is 23.2 Å². The summed E-state index contributed by atoms with van der Waals surface area (Å²) >= 11 is 13.0. The van der Waals surface area contributed by atoms with E-state index in [-0.39, 0.29) is 12.4 Å². The molecule has 0 bridgehead atoms. The number of benzene rings is 3. The quantitative estimate of drug-likeness (QED) is 0.314.